The Kier molecular flexibility index (Phi) is 3.97. The molecule has 1 unspecified atom stereocenters. The zero-order valence-electron chi connectivity index (χ0n) is 13.1. The van der Waals surface area contributed by atoms with Crippen LogP contribution in [0, 0.1) is 0 Å². The van der Waals surface area contributed by atoms with Crippen LogP contribution in [0.3, 0.4) is 0 Å². The lowest BCUT2D eigenvalue weighted by Gasteiger charge is -2.14. The van der Waals surface area contributed by atoms with Crippen molar-refractivity contribution < 1.29 is 4.79 Å². The number of benzene rings is 1. The molecule has 6 nitrogen and oxygen atoms in total. The van der Waals surface area contributed by atoms with Gasteiger partial charge < -0.3 is 5.32 Å². The third-order valence-corrected chi connectivity index (χ3v) is 3.94. The second kappa shape index (κ2) is 6.08. The first-order chi connectivity index (χ1) is 11.1. The van der Waals surface area contributed by atoms with Crippen LogP contribution in [0.1, 0.15) is 18.5 Å². The van der Waals surface area contributed by atoms with Crippen molar-refractivity contribution in [3.63, 3.8) is 0 Å². The Morgan fingerprint density at radius 3 is 2.52 bits per heavy atom. The zero-order valence-corrected chi connectivity index (χ0v) is 13.1. The molecule has 3 aromatic rings. The molecule has 0 bridgehead atoms. The number of para-hydroxylation sites is 2. The highest BCUT2D eigenvalue weighted by atomic mass is 16.2. The van der Waals surface area contributed by atoms with Crippen LogP contribution >= 0.6 is 0 Å². The second-order valence-electron chi connectivity index (χ2n) is 5.49. The molecule has 0 saturated carbocycles. The number of pyridine rings is 1. The number of nitrogens with zero attached hydrogens (tertiary/aromatic N) is 3. The van der Waals surface area contributed by atoms with E-state index in [1.54, 1.807) is 24.0 Å². The summed E-state index contributed by atoms with van der Waals surface area (Å²) in [5.74, 6) is -0.201. The number of aryl methyl sites for hydroxylation is 1. The van der Waals surface area contributed by atoms with Gasteiger partial charge in [0.15, 0.2) is 0 Å². The summed E-state index contributed by atoms with van der Waals surface area (Å²) in [5, 5.41) is 2.91. The van der Waals surface area contributed by atoms with Gasteiger partial charge in [-0.1, -0.05) is 12.1 Å². The molecule has 1 amide bonds. The van der Waals surface area contributed by atoms with Gasteiger partial charge in [0, 0.05) is 19.4 Å². The predicted molar refractivity (Wildman–Crippen MR) is 88.0 cm³/mol. The van der Waals surface area contributed by atoms with Gasteiger partial charge in [-0.05, 0) is 36.8 Å². The number of imidazole rings is 1. The molecule has 118 valence electrons. The molecular weight excluding hydrogens is 292 g/mol. The summed E-state index contributed by atoms with van der Waals surface area (Å²) < 4.78 is 3.04. The maximum atomic E-state index is 12.3. The van der Waals surface area contributed by atoms with Crippen molar-refractivity contribution in [2.75, 3.05) is 0 Å². The summed E-state index contributed by atoms with van der Waals surface area (Å²) in [5.41, 5.74) is 2.34. The van der Waals surface area contributed by atoms with Crippen molar-refractivity contribution in [3.05, 3.63) is 64.8 Å². The molecule has 1 aromatic carbocycles. The Bertz CT molecular complexity index is 896. The standard InChI is InChI=1S/C17H18N4O2/c1-12(13-7-9-18-10-8-13)19-16(22)11-21-15-6-4-3-5-14(15)20(2)17(21)23/h3-10,12H,11H2,1-2H3,(H,19,22). The predicted octanol–water partition coefficient (Wildman–Crippen LogP) is 1.61. The van der Waals surface area contributed by atoms with E-state index in [-0.39, 0.29) is 24.2 Å². The third kappa shape index (κ3) is 2.88. The normalized spacial score (nSPS) is 12.3. The fourth-order valence-electron chi connectivity index (χ4n) is 2.68. The Morgan fingerprint density at radius 1 is 1.17 bits per heavy atom. The number of rotatable bonds is 4. The molecule has 0 fully saturated rings. The lowest BCUT2D eigenvalue weighted by atomic mass is 10.1. The summed E-state index contributed by atoms with van der Waals surface area (Å²) in [6.45, 7) is 1.90. The maximum Gasteiger partial charge on any atom is 0.329 e. The number of aromatic nitrogens is 3. The van der Waals surface area contributed by atoms with Crippen molar-refractivity contribution in [1.82, 2.24) is 19.4 Å². The molecule has 0 radical (unpaired) electrons. The molecule has 0 aliphatic carbocycles. The molecule has 6 heteroatoms. The van der Waals surface area contributed by atoms with Crippen LogP contribution in [0.2, 0.25) is 0 Å². The Balaban J connectivity index is 1.81. The van der Waals surface area contributed by atoms with E-state index in [0.717, 1.165) is 16.6 Å². The topological polar surface area (TPSA) is 68.9 Å². The van der Waals surface area contributed by atoms with Crippen molar-refractivity contribution >= 4 is 16.9 Å². The summed E-state index contributed by atoms with van der Waals surface area (Å²) in [4.78, 5) is 28.6. The SMILES string of the molecule is CC(NC(=O)Cn1c(=O)n(C)c2ccccc21)c1ccncc1. The van der Waals surface area contributed by atoms with Gasteiger partial charge in [-0.3, -0.25) is 18.9 Å². The number of carbonyl (C=O) groups is 1. The van der Waals surface area contributed by atoms with Crippen LogP contribution < -0.4 is 11.0 Å². The second-order valence-corrected chi connectivity index (χ2v) is 5.49. The van der Waals surface area contributed by atoms with Crippen LogP contribution in [0.15, 0.2) is 53.6 Å². The van der Waals surface area contributed by atoms with Crippen LogP contribution in [0.5, 0.6) is 0 Å². The number of hydrogen-bond donors (Lipinski definition) is 1. The van der Waals surface area contributed by atoms with Gasteiger partial charge in [0.05, 0.1) is 17.1 Å². The molecule has 0 aliphatic heterocycles. The highest BCUT2D eigenvalue weighted by Gasteiger charge is 2.15. The molecule has 23 heavy (non-hydrogen) atoms. The van der Waals surface area contributed by atoms with Gasteiger partial charge in [0.1, 0.15) is 6.54 Å². The summed E-state index contributed by atoms with van der Waals surface area (Å²) >= 11 is 0. The van der Waals surface area contributed by atoms with E-state index in [4.69, 9.17) is 0 Å². The van der Waals surface area contributed by atoms with E-state index in [9.17, 15) is 9.59 Å². The first-order valence-electron chi connectivity index (χ1n) is 7.41. The van der Waals surface area contributed by atoms with E-state index in [1.807, 2.05) is 43.3 Å². The van der Waals surface area contributed by atoms with Crippen molar-refractivity contribution in [3.8, 4) is 0 Å². The van der Waals surface area contributed by atoms with Crippen molar-refractivity contribution in [2.45, 2.75) is 19.5 Å². The fourth-order valence-corrected chi connectivity index (χ4v) is 2.68. The van der Waals surface area contributed by atoms with E-state index in [2.05, 4.69) is 10.3 Å². The third-order valence-electron chi connectivity index (χ3n) is 3.94. The quantitative estimate of drug-likeness (QED) is 0.796. The summed E-state index contributed by atoms with van der Waals surface area (Å²) in [6.07, 6.45) is 3.38. The molecule has 0 saturated heterocycles. The Hall–Kier alpha value is -2.89. The fraction of sp³-hybridized carbons (Fsp3) is 0.235. The maximum absolute atomic E-state index is 12.3. The summed E-state index contributed by atoms with van der Waals surface area (Å²) in [7, 11) is 1.71. The first kappa shape index (κ1) is 15.0. The van der Waals surface area contributed by atoms with E-state index in [1.165, 1.54) is 4.57 Å². The monoisotopic (exact) mass is 310 g/mol. The van der Waals surface area contributed by atoms with Gasteiger partial charge in [0.25, 0.3) is 0 Å². The molecule has 3 rings (SSSR count). The Labute approximate surface area is 133 Å². The highest BCUT2D eigenvalue weighted by molar-refractivity contribution is 5.81. The average Bonchev–Trinajstić information content (AvgIpc) is 2.81. The minimum atomic E-state index is -0.201. The smallest absolute Gasteiger partial charge is 0.329 e. The van der Waals surface area contributed by atoms with Gasteiger partial charge in [-0.15, -0.1) is 0 Å². The molecule has 1 atom stereocenters. The molecular formula is C17H18N4O2. The minimum absolute atomic E-state index is 0.00435. The molecule has 0 spiro atoms. The number of carbonyl (C=O) groups excluding carboxylic acids is 1. The van der Waals surface area contributed by atoms with Gasteiger partial charge in [-0.2, -0.15) is 0 Å². The Morgan fingerprint density at radius 2 is 1.83 bits per heavy atom. The molecule has 2 aromatic heterocycles. The zero-order chi connectivity index (χ0) is 16.4. The minimum Gasteiger partial charge on any atom is -0.348 e. The number of amides is 1. The molecule has 2 heterocycles. The van der Waals surface area contributed by atoms with Gasteiger partial charge >= 0.3 is 5.69 Å². The van der Waals surface area contributed by atoms with Gasteiger partial charge in [-0.25, -0.2) is 4.79 Å². The van der Waals surface area contributed by atoms with Crippen molar-refractivity contribution in [2.24, 2.45) is 7.05 Å². The van der Waals surface area contributed by atoms with Crippen molar-refractivity contribution in [1.29, 1.82) is 0 Å². The van der Waals surface area contributed by atoms with Crippen LogP contribution in [-0.4, -0.2) is 20.0 Å². The molecule has 0 aliphatic rings. The number of hydrogen-bond acceptors (Lipinski definition) is 3. The lowest BCUT2D eigenvalue weighted by Crippen LogP contribution is -2.34. The molecule has 1 N–H and O–H groups in total. The largest absolute Gasteiger partial charge is 0.348 e. The number of fused-ring (bicyclic) bond motifs is 1. The summed E-state index contributed by atoms with van der Waals surface area (Å²) in [6, 6.07) is 11.0. The highest BCUT2D eigenvalue weighted by Crippen LogP contribution is 2.12. The van der Waals surface area contributed by atoms with Crippen LogP contribution in [0.4, 0.5) is 0 Å². The lowest BCUT2D eigenvalue weighted by molar-refractivity contribution is -0.122. The van der Waals surface area contributed by atoms with E-state index < -0.39 is 0 Å². The average molecular weight is 310 g/mol. The first-order valence-corrected chi connectivity index (χ1v) is 7.41. The van der Waals surface area contributed by atoms with E-state index in [0.29, 0.717) is 0 Å². The van der Waals surface area contributed by atoms with Crippen LogP contribution in [-0.2, 0) is 18.4 Å². The number of nitrogens with one attached hydrogen (secondary N) is 1. The van der Waals surface area contributed by atoms with Gasteiger partial charge in [0.2, 0.25) is 5.91 Å². The van der Waals surface area contributed by atoms with E-state index >= 15 is 0 Å². The van der Waals surface area contributed by atoms with Crippen LogP contribution in [0.25, 0.3) is 11.0 Å².